The van der Waals surface area contributed by atoms with E-state index in [0.717, 1.165) is 42.5 Å². The molecule has 27 heavy (non-hydrogen) atoms. The van der Waals surface area contributed by atoms with Crippen LogP contribution in [0.5, 0.6) is 0 Å². The van der Waals surface area contributed by atoms with E-state index in [0.29, 0.717) is 16.8 Å². The van der Waals surface area contributed by atoms with Crippen molar-refractivity contribution in [2.24, 2.45) is 5.73 Å². The number of hydrogen-bond donors (Lipinski definition) is 2. The fourth-order valence-electron chi connectivity index (χ4n) is 3.45. The highest BCUT2D eigenvalue weighted by molar-refractivity contribution is 7.89. The van der Waals surface area contributed by atoms with Crippen LogP contribution in [0.4, 0.5) is 4.39 Å². The Labute approximate surface area is 164 Å². The number of fused-ring (bicyclic) bond motifs is 3. The van der Waals surface area contributed by atoms with Gasteiger partial charge in [-0.1, -0.05) is 0 Å². The molecule has 4 rings (SSSR count). The van der Waals surface area contributed by atoms with Crippen LogP contribution in [-0.4, -0.2) is 30.8 Å². The minimum atomic E-state index is -3.90. The van der Waals surface area contributed by atoms with Crippen LogP contribution < -0.4 is 10.5 Å². The zero-order valence-corrected chi connectivity index (χ0v) is 17.0. The summed E-state index contributed by atoms with van der Waals surface area (Å²) in [5.74, 6) is 0.357. The second kappa shape index (κ2) is 6.92. The number of alkyl halides is 1. The van der Waals surface area contributed by atoms with E-state index in [1.165, 1.54) is 13.8 Å². The van der Waals surface area contributed by atoms with E-state index in [9.17, 15) is 12.8 Å². The third-order valence-electron chi connectivity index (χ3n) is 5.07. The normalized spacial score (nSPS) is 19.8. The van der Waals surface area contributed by atoms with Gasteiger partial charge in [-0.3, -0.25) is 0 Å². The van der Waals surface area contributed by atoms with Gasteiger partial charge in [0, 0.05) is 23.9 Å². The highest BCUT2D eigenvalue weighted by Crippen LogP contribution is 2.42. The summed E-state index contributed by atoms with van der Waals surface area (Å²) in [6.07, 6.45) is 3.61. The molecule has 0 saturated heterocycles. The molecule has 1 fully saturated rings. The largest absolute Gasteiger partial charge is 0.324 e. The van der Waals surface area contributed by atoms with Gasteiger partial charge in [0.2, 0.25) is 10.0 Å². The molecule has 0 bridgehead atoms. The second-order valence-electron chi connectivity index (χ2n) is 7.94. The molecule has 2 aliphatic carbocycles. The first kappa shape index (κ1) is 20.4. The van der Waals surface area contributed by atoms with Crippen molar-refractivity contribution in [2.45, 2.75) is 62.1 Å². The van der Waals surface area contributed by atoms with Gasteiger partial charge in [0.1, 0.15) is 5.67 Å². The molecule has 1 aromatic carbocycles. The summed E-state index contributed by atoms with van der Waals surface area (Å²) in [6, 6.07) is 3.26. The van der Waals surface area contributed by atoms with Gasteiger partial charge < -0.3 is 5.73 Å². The Bertz CT molecular complexity index is 987. The topological polar surface area (TPSA) is 98.0 Å². The van der Waals surface area contributed by atoms with E-state index in [-0.39, 0.29) is 29.9 Å². The molecule has 1 unspecified atom stereocenters. The van der Waals surface area contributed by atoms with Crippen molar-refractivity contribution in [3.05, 3.63) is 29.0 Å². The van der Waals surface area contributed by atoms with Crippen LogP contribution in [0.2, 0.25) is 0 Å². The second-order valence-corrected chi connectivity index (χ2v) is 9.67. The average Bonchev–Trinajstić information content (AvgIpc) is 3.35. The molecule has 2 aromatic rings. The van der Waals surface area contributed by atoms with Gasteiger partial charge in [-0.25, -0.2) is 17.5 Å². The Kier molecular flexibility index (Phi) is 5.22. The van der Waals surface area contributed by atoms with E-state index in [1.807, 2.05) is 6.07 Å². The summed E-state index contributed by atoms with van der Waals surface area (Å²) >= 11 is 0. The molecule has 9 heteroatoms. The monoisotopic (exact) mass is 414 g/mol. The van der Waals surface area contributed by atoms with Gasteiger partial charge in [-0.15, -0.1) is 17.5 Å². The van der Waals surface area contributed by atoms with Crippen LogP contribution in [-0.2, 0) is 16.4 Å². The molecule has 1 atom stereocenters. The maximum atomic E-state index is 13.8. The number of aryl methyl sites for hydroxylation is 1. The van der Waals surface area contributed by atoms with Gasteiger partial charge in [0.15, 0.2) is 0 Å². The summed E-state index contributed by atoms with van der Waals surface area (Å²) in [4.78, 5) is 0.115. The molecule has 0 aliphatic heterocycles. The smallest absolute Gasteiger partial charge is 0.241 e. The number of nitrogens with one attached hydrogen (secondary N) is 1. The molecule has 2 aliphatic rings. The first-order valence-corrected chi connectivity index (χ1v) is 10.4. The highest BCUT2D eigenvalue weighted by Gasteiger charge is 2.31. The Balaban J connectivity index is 0.00000210. The lowest BCUT2D eigenvalue weighted by molar-refractivity contribution is 0.221. The van der Waals surface area contributed by atoms with Gasteiger partial charge in [-0.2, -0.15) is 5.10 Å². The van der Waals surface area contributed by atoms with Crippen molar-refractivity contribution < 1.29 is 12.8 Å². The summed E-state index contributed by atoms with van der Waals surface area (Å²) in [5.41, 5.74) is 7.71. The van der Waals surface area contributed by atoms with Crippen molar-refractivity contribution in [3.8, 4) is 0 Å². The molecule has 1 aromatic heterocycles. The van der Waals surface area contributed by atoms with Gasteiger partial charge in [0.25, 0.3) is 0 Å². The van der Waals surface area contributed by atoms with Crippen molar-refractivity contribution in [1.29, 1.82) is 0 Å². The molecule has 0 amide bonds. The quantitative estimate of drug-likeness (QED) is 0.783. The Morgan fingerprint density at radius 1 is 1.26 bits per heavy atom. The van der Waals surface area contributed by atoms with Crippen molar-refractivity contribution in [3.63, 3.8) is 0 Å². The van der Waals surface area contributed by atoms with Crippen molar-refractivity contribution in [1.82, 2.24) is 14.9 Å². The highest BCUT2D eigenvalue weighted by atomic mass is 35.5. The van der Waals surface area contributed by atoms with Gasteiger partial charge in [0.05, 0.1) is 16.1 Å². The van der Waals surface area contributed by atoms with Crippen molar-refractivity contribution >= 4 is 33.3 Å². The molecule has 1 saturated carbocycles. The Morgan fingerprint density at radius 3 is 2.59 bits per heavy atom. The number of nitrogens with zero attached hydrogens (tertiary/aromatic N) is 2. The van der Waals surface area contributed by atoms with Gasteiger partial charge >= 0.3 is 0 Å². The van der Waals surface area contributed by atoms with E-state index < -0.39 is 15.7 Å². The number of sulfonamides is 1. The number of aromatic nitrogens is 2. The number of hydrogen-bond acceptors (Lipinski definition) is 5. The first-order valence-electron chi connectivity index (χ1n) is 8.93. The van der Waals surface area contributed by atoms with Crippen LogP contribution in [0.15, 0.2) is 17.0 Å². The summed E-state index contributed by atoms with van der Waals surface area (Å²) in [6.45, 7) is 2.37. The average molecular weight is 415 g/mol. The molecule has 3 N–H and O–H groups in total. The van der Waals surface area contributed by atoms with Crippen LogP contribution in [0.1, 0.15) is 61.9 Å². The van der Waals surface area contributed by atoms with Crippen LogP contribution in [0, 0.1) is 0 Å². The summed E-state index contributed by atoms with van der Waals surface area (Å²) in [7, 11) is -3.90. The lowest BCUT2D eigenvalue weighted by Crippen LogP contribution is -2.35. The number of halogens is 2. The van der Waals surface area contributed by atoms with Crippen molar-refractivity contribution in [2.75, 3.05) is 6.54 Å². The molecule has 1 heterocycles. The fraction of sp³-hybridized carbons (Fsp3) is 0.556. The Hall–Kier alpha value is -1.35. The maximum Gasteiger partial charge on any atom is 0.241 e. The maximum absolute atomic E-state index is 13.8. The number of rotatable bonds is 5. The van der Waals surface area contributed by atoms with E-state index in [1.54, 1.807) is 6.07 Å². The van der Waals surface area contributed by atoms with E-state index >= 15 is 0 Å². The van der Waals surface area contributed by atoms with Crippen LogP contribution in [0.25, 0.3) is 10.9 Å². The Morgan fingerprint density at radius 2 is 1.96 bits per heavy atom. The molecule has 148 valence electrons. The van der Waals surface area contributed by atoms with Crippen LogP contribution >= 0.6 is 12.4 Å². The number of nitrogens with two attached hydrogens (primary N) is 1. The first-order chi connectivity index (χ1) is 12.2. The summed E-state index contributed by atoms with van der Waals surface area (Å²) < 4.78 is 42.1. The molecule has 0 radical (unpaired) electrons. The predicted molar refractivity (Wildman–Crippen MR) is 104 cm³/mol. The molecule has 6 nitrogen and oxygen atoms in total. The minimum Gasteiger partial charge on any atom is -0.324 e. The predicted octanol–water partition coefficient (Wildman–Crippen LogP) is 2.90. The minimum absolute atomic E-state index is 0. The van der Waals surface area contributed by atoms with Gasteiger partial charge in [-0.05, 0) is 62.8 Å². The number of benzene rings is 1. The SMILES string of the molecule is CC(C)(F)CNS(=O)(=O)c1cc2c(c3nnc(C4CC4)cc13)CCC2N.Cl. The lowest BCUT2D eigenvalue weighted by atomic mass is 10.0. The zero-order valence-electron chi connectivity index (χ0n) is 15.3. The van der Waals surface area contributed by atoms with Crippen LogP contribution in [0.3, 0.4) is 0 Å². The van der Waals surface area contributed by atoms with E-state index in [4.69, 9.17) is 5.73 Å². The standard InChI is InChI=1S/C18H23FN4O2S.ClH/c1-18(2,19)9-21-26(24,25)16-8-12-11(5-6-14(12)20)17-13(16)7-15(22-23-17)10-3-4-10;/h7-8,10,14,21H,3-6,9,20H2,1-2H3;1H. The zero-order chi connectivity index (χ0) is 18.7. The lowest BCUT2D eigenvalue weighted by Gasteiger charge is -2.17. The molecule has 0 spiro atoms. The third kappa shape index (κ3) is 3.94. The molecular weight excluding hydrogens is 391 g/mol. The fourth-order valence-corrected chi connectivity index (χ4v) is 4.87. The molecular formula is C18H24ClFN4O2S. The van der Waals surface area contributed by atoms with E-state index in [2.05, 4.69) is 14.9 Å². The third-order valence-corrected chi connectivity index (χ3v) is 6.51. The summed E-state index contributed by atoms with van der Waals surface area (Å²) in [5, 5.41) is 9.23.